The zero-order chi connectivity index (χ0) is 11.5. The number of hydrogen-bond donors (Lipinski definition) is 0. The zero-order valence-corrected chi connectivity index (χ0v) is 9.72. The zero-order valence-electron chi connectivity index (χ0n) is 9.72. The van der Waals surface area contributed by atoms with Crippen molar-refractivity contribution in [2.24, 2.45) is 0 Å². The van der Waals surface area contributed by atoms with Gasteiger partial charge >= 0.3 is 5.97 Å². The number of carbonyl (C=O) groups is 1. The van der Waals surface area contributed by atoms with Gasteiger partial charge in [0.1, 0.15) is 6.04 Å². The maximum Gasteiger partial charge on any atom is 0.324 e. The standard InChI is InChI=1S/C13H17NO2/c1-3-11-12(13(15)16-2)14(11)9-10-7-5-4-6-8-10/h4-8,11-12H,3,9H2,1-2H3. The lowest BCUT2D eigenvalue weighted by Crippen LogP contribution is -2.14. The SMILES string of the molecule is CCC1C(C(=O)OC)N1Cc1ccccc1. The lowest BCUT2D eigenvalue weighted by atomic mass is 10.2. The van der Waals surface area contributed by atoms with E-state index >= 15 is 0 Å². The number of nitrogens with zero attached hydrogens (tertiary/aromatic N) is 1. The molecule has 0 aromatic heterocycles. The molecule has 1 aliphatic heterocycles. The minimum Gasteiger partial charge on any atom is -0.468 e. The fourth-order valence-corrected chi connectivity index (χ4v) is 2.21. The number of carbonyl (C=O) groups excluding carboxylic acids is 1. The average Bonchev–Trinajstić information content (AvgIpc) is 3.02. The van der Waals surface area contributed by atoms with Crippen LogP contribution in [0.4, 0.5) is 0 Å². The molecule has 1 aromatic carbocycles. The highest BCUT2D eigenvalue weighted by Crippen LogP contribution is 2.33. The first-order valence-electron chi connectivity index (χ1n) is 5.65. The van der Waals surface area contributed by atoms with Crippen LogP contribution in [0.2, 0.25) is 0 Å². The Balaban J connectivity index is 1.99. The molecule has 1 aliphatic rings. The molecule has 0 N–H and O–H groups in total. The quantitative estimate of drug-likeness (QED) is 0.571. The molecule has 1 aromatic rings. The van der Waals surface area contributed by atoms with Crippen molar-refractivity contribution in [1.29, 1.82) is 0 Å². The molecule has 1 heterocycles. The highest BCUT2D eigenvalue weighted by atomic mass is 16.5. The third-order valence-corrected chi connectivity index (χ3v) is 3.13. The fourth-order valence-electron chi connectivity index (χ4n) is 2.21. The van der Waals surface area contributed by atoms with Crippen LogP contribution in [0.3, 0.4) is 0 Å². The van der Waals surface area contributed by atoms with E-state index in [4.69, 9.17) is 4.74 Å². The van der Waals surface area contributed by atoms with Gasteiger partial charge in [-0.3, -0.25) is 9.69 Å². The number of benzene rings is 1. The van der Waals surface area contributed by atoms with E-state index in [1.807, 2.05) is 18.2 Å². The fraction of sp³-hybridized carbons (Fsp3) is 0.462. The second-order valence-electron chi connectivity index (χ2n) is 4.10. The average molecular weight is 219 g/mol. The molecule has 1 saturated heterocycles. The van der Waals surface area contributed by atoms with Crippen LogP contribution < -0.4 is 0 Å². The van der Waals surface area contributed by atoms with Gasteiger partial charge in [-0.15, -0.1) is 0 Å². The Bertz CT molecular complexity index is 363. The topological polar surface area (TPSA) is 29.3 Å². The first-order valence-corrected chi connectivity index (χ1v) is 5.65. The van der Waals surface area contributed by atoms with Crippen LogP contribution in [0, 0.1) is 0 Å². The lowest BCUT2D eigenvalue weighted by molar-refractivity contribution is -0.141. The van der Waals surface area contributed by atoms with Gasteiger partial charge in [-0.25, -0.2) is 0 Å². The number of ether oxygens (including phenoxy) is 1. The maximum absolute atomic E-state index is 11.5. The van der Waals surface area contributed by atoms with Crippen molar-refractivity contribution in [1.82, 2.24) is 4.90 Å². The molecule has 1 fully saturated rings. The minimum atomic E-state index is -0.109. The van der Waals surface area contributed by atoms with Crippen molar-refractivity contribution in [3.63, 3.8) is 0 Å². The predicted octanol–water partition coefficient (Wildman–Crippen LogP) is 1.82. The maximum atomic E-state index is 11.5. The monoisotopic (exact) mass is 219 g/mol. The molecule has 0 bridgehead atoms. The van der Waals surface area contributed by atoms with Crippen molar-refractivity contribution in [3.05, 3.63) is 35.9 Å². The molecule has 3 heteroatoms. The summed E-state index contributed by atoms with van der Waals surface area (Å²) in [4.78, 5) is 13.7. The van der Waals surface area contributed by atoms with Crippen LogP contribution >= 0.6 is 0 Å². The first kappa shape index (κ1) is 11.1. The molecule has 2 rings (SSSR count). The molecule has 0 aliphatic carbocycles. The van der Waals surface area contributed by atoms with E-state index in [0.717, 1.165) is 13.0 Å². The Hall–Kier alpha value is -1.35. The molecule has 3 nitrogen and oxygen atoms in total. The molecule has 0 amide bonds. The third-order valence-electron chi connectivity index (χ3n) is 3.13. The van der Waals surface area contributed by atoms with Gasteiger partial charge in [0.25, 0.3) is 0 Å². The Morgan fingerprint density at radius 3 is 2.62 bits per heavy atom. The van der Waals surface area contributed by atoms with E-state index < -0.39 is 0 Å². The summed E-state index contributed by atoms with van der Waals surface area (Å²) >= 11 is 0. The Kier molecular flexibility index (Phi) is 3.25. The van der Waals surface area contributed by atoms with E-state index in [-0.39, 0.29) is 12.0 Å². The summed E-state index contributed by atoms with van der Waals surface area (Å²) in [5, 5.41) is 0. The van der Waals surface area contributed by atoms with E-state index in [0.29, 0.717) is 6.04 Å². The van der Waals surface area contributed by atoms with Gasteiger partial charge in [-0.1, -0.05) is 37.3 Å². The molecular weight excluding hydrogens is 202 g/mol. The number of methoxy groups -OCH3 is 1. The summed E-state index contributed by atoms with van der Waals surface area (Å²) in [6, 6.07) is 10.5. The molecule has 3 unspecified atom stereocenters. The van der Waals surface area contributed by atoms with Crippen LogP contribution in [0.1, 0.15) is 18.9 Å². The molecule has 0 saturated carbocycles. The summed E-state index contributed by atoms with van der Waals surface area (Å²) in [7, 11) is 1.45. The van der Waals surface area contributed by atoms with E-state index in [1.54, 1.807) is 0 Å². The van der Waals surface area contributed by atoms with E-state index in [2.05, 4.69) is 24.0 Å². The second kappa shape index (κ2) is 4.66. The van der Waals surface area contributed by atoms with Gasteiger partial charge in [0.05, 0.1) is 7.11 Å². The van der Waals surface area contributed by atoms with Crippen molar-refractivity contribution < 1.29 is 9.53 Å². The Morgan fingerprint density at radius 2 is 2.06 bits per heavy atom. The number of hydrogen-bond acceptors (Lipinski definition) is 3. The van der Waals surface area contributed by atoms with Crippen molar-refractivity contribution in [2.75, 3.05) is 7.11 Å². The molecule has 16 heavy (non-hydrogen) atoms. The molecule has 0 radical (unpaired) electrons. The normalized spacial score (nSPS) is 27.5. The van der Waals surface area contributed by atoms with E-state index in [1.165, 1.54) is 12.7 Å². The molecule has 86 valence electrons. The van der Waals surface area contributed by atoms with Crippen LogP contribution in [0.25, 0.3) is 0 Å². The number of rotatable bonds is 4. The third kappa shape index (κ3) is 2.09. The van der Waals surface area contributed by atoms with Gasteiger partial charge in [-0.2, -0.15) is 0 Å². The second-order valence-corrected chi connectivity index (χ2v) is 4.10. The first-order chi connectivity index (χ1) is 7.77. The van der Waals surface area contributed by atoms with Gasteiger partial charge in [0, 0.05) is 12.6 Å². The van der Waals surface area contributed by atoms with Crippen LogP contribution in [-0.2, 0) is 16.1 Å². The van der Waals surface area contributed by atoms with Gasteiger partial charge in [0.2, 0.25) is 0 Å². The lowest BCUT2D eigenvalue weighted by Gasteiger charge is -2.03. The summed E-state index contributed by atoms with van der Waals surface area (Å²) in [6.07, 6.45) is 0.993. The summed E-state index contributed by atoms with van der Waals surface area (Å²) in [6.45, 7) is 2.94. The van der Waals surface area contributed by atoms with E-state index in [9.17, 15) is 4.79 Å². The number of esters is 1. The molecular formula is C13H17NO2. The van der Waals surface area contributed by atoms with Crippen molar-refractivity contribution in [2.45, 2.75) is 32.0 Å². The summed E-state index contributed by atoms with van der Waals surface area (Å²) < 4.78 is 4.79. The Labute approximate surface area is 96.0 Å². The van der Waals surface area contributed by atoms with Crippen molar-refractivity contribution in [3.8, 4) is 0 Å². The minimum absolute atomic E-state index is 0.0322. The Morgan fingerprint density at radius 1 is 1.38 bits per heavy atom. The predicted molar refractivity (Wildman–Crippen MR) is 61.9 cm³/mol. The smallest absolute Gasteiger partial charge is 0.324 e. The summed E-state index contributed by atoms with van der Waals surface area (Å²) in [5.41, 5.74) is 1.24. The van der Waals surface area contributed by atoms with Crippen molar-refractivity contribution >= 4 is 5.97 Å². The largest absolute Gasteiger partial charge is 0.468 e. The highest BCUT2D eigenvalue weighted by molar-refractivity contribution is 5.80. The van der Waals surface area contributed by atoms with Crippen LogP contribution in [-0.4, -0.2) is 30.1 Å². The van der Waals surface area contributed by atoms with Gasteiger partial charge in [-0.05, 0) is 12.0 Å². The highest BCUT2D eigenvalue weighted by Gasteiger charge is 2.51. The molecule has 3 atom stereocenters. The van der Waals surface area contributed by atoms with Gasteiger partial charge in [0.15, 0.2) is 0 Å². The van der Waals surface area contributed by atoms with Crippen LogP contribution in [0.5, 0.6) is 0 Å². The van der Waals surface area contributed by atoms with Crippen LogP contribution in [0.15, 0.2) is 30.3 Å². The van der Waals surface area contributed by atoms with Gasteiger partial charge < -0.3 is 4.74 Å². The summed E-state index contributed by atoms with van der Waals surface area (Å²) in [5.74, 6) is -0.109. The molecule has 0 spiro atoms.